The van der Waals surface area contributed by atoms with E-state index in [2.05, 4.69) is 0 Å². The van der Waals surface area contributed by atoms with Gasteiger partial charge in [0, 0.05) is 16.1 Å². The van der Waals surface area contributed by atoms with Crippen LogP contribution < -0.4 is 5.48 Å². The van der Waals surface area contributed by atoms with Gasteiger partial charge in [-0.3, -0.25) is 14.8 Å². The van der Waals surface area contributed by atoms with Crippen LogP contribution in [0.25, 0.3) is 0 Å². The predicted molar refractivity (Wildman–Crippen MR) is 138 cm³/mol. The van der Waals surface area contributed by atoms with Gasteiger partial charge in [0.05, 0.1) is 23.0 Å². The minimum absolute atomic E-state index is 0.298. The summed E-state index contributed by atoms with van der Waals surface area (Å²) >= 11 is 12.4. The number of hydrogen-bond acceptors (Lipinski definition) is 6. The number of carbonyl (C=O) groups excluding carboxylic acids is 2. The summed E-state index contributed by atoms with van der Waals surface area (Å²) in [6.07, 6.45) is -2.50. The van der Waals surface area contributed by atoms with Crippen molar-refractivity contribution < 1.29 is 28.0 Å². The molecule has 1 aliphatic heterocycles. The summed E-state index contributed by atoms with van der Waals surface area (Å²) in [5, 5.41) is 10.00. The normalized spacial score (nSPS) is 21.8. The fourth-order valence-corrected chi connectivity index (χ4v) is 5.81. The summed E-state index contributed by atoms with van der Waals surface area (Å²) < 4.78 is 31.4. The first-order valence-corrected chi connectivity index (χ1v) is 13.8. The molecule has 2 aromatic rings. The number of hydroxylamine groups is 1. The Morgan fingerprint density at radius 3 is 2.31 bits per heavy atom. The number of sulfone groups is 1. The van der Waals surface area contributed by atoms with Gasteiger partial charge in [-0.15, -0.1) is 0 Å². The number of halogens is 2. The van der Waals surface area contributed by atoms with Crippen LogP contribution in [-0.2, 0) is 24.2 Å². The van der Waals surface area contributed by atoms with E-state index >= 15 is 0 Å². The van der Waals surface area contributed by atoms with Gasteiger partial charge in [0.15, 0.2) is 9.84 Å². The van der Waals surface area contributed by atoms with Crippen molar-refractivity contribution in [3.63, 3.8) is 0 Å². The van der Waals surface area contributed by atoms with Crippen LogP contribution in [0.5, 0.6) is 0 Å². The van der Waals surface area contributed by atoms with E-state index in [4.69, 9.17) is 33.1 Å². The number of nitrogens with zero attached hydrogens (tertiary/aromatic N) is 1. The number of hydrogen-bond donors (Lipinski definition) is 2. The van der Waals surface area contributed by atoms with Crippen molar-refractivity contribution in [1.82, 2.24) is 10.4 Å². The number of amides is 2. The van der Waals surface area contributed by atoms with E-state index in [0.717, 1.165) is 0 Å². The Hall–Kier alpha value is -2.17. The fraction of sp³-hybridized carbons (Fsp3) is 0.440. The molecular weight excluding hydrogens is 527 g/mol. The standard InChI is InChI=1S/C25H30Cl2N2O6S/c1-15(14-36(33,34)25(2,3)4)29-22(16-8-10-18(26)11-9-16)23(17-6-5-7-19(27)12-17)35-20(24(29)31)13-21(30)28-32/h5-12,15,20,22-23,32H,13-14H2,1-4H3,(H,28,30). The number of morpholine rings is 1. The summed E-state index contributed by atoms with van der Waals surface area (Å²) in [7, 11) is -3.61. The second-order valence-electron chi connectivity index (χ2n) is 9.82. The maximum absolute atomic E-state index is 13.7. The Kier molecular flexibility index (Phi) is 8.73. The topological polar surface area (TPSA) is 113 Å². The highest BCUT2D eigenvalue weighted by molar-refractivity contribution is 7.92. The zero-order chi connectivity index (χ0) is 26.8. The van der Waals surface area contributed by atoms with Crippen molar-refractivity contribution in [1.29, 1.82) is 0 Å². The molecule has 0 saturated carbocycles. The number of benzene rings is 2. The van der Waals surface area contributed by atoms with Crippen LogP contribution in [0, 0.1) is 0 Å². The molecule has 11 heteroatoms. The predicted octanol–water partition coefficient (Wildman–Crippen LogP) is 4.50. The lowest BCUT2D eigenvalue weighted by Gasteiger charge is -2.47. The average molecular weight is 557 g/mol. The van der Waals surface area contributed by atoms with Crippen molar-refractivity contribution in [3.05, 3.63) is 69.7 Å². The minimum Gasteiger partial charge on any atom is -0.357 e. The summed E-state index contributed by atoms with van der Waals surface area (Å²) in [6.45, 7) is 6.48. The molecule has 196 valence electrons. The third kappa shape index (κ3) is 6.20. The van der Waals surface area contributed by atoms with E-state index in [9.17, 15) is 18.0 Å². The van der Waals surface area contributed by atoms with E-state index in [1.54, 1.807) is 76.2 Å². The number of ether oxygens (including phenoxy) is 1. The van der Waals surface area contributed by atoms with E-state index in [-0.39, 0.29) is 5.75 Å². The van der Waals surface area contributed by atoms with Gasteiger partial charge in [-0.2, -0.15) is 0 Å². The molecule has 0 spiro atoms. The Morgan fingerprint density at radius 2 is 1.75 bits per heavy atom. The lowest BCUT2D eigenvalue weighted by Crippen LogP contribution is -2.56. The van der Waals surface area contributed by atoms with Gasteiger partial charge in [0.2, 0.25) is 5.91 Å². The van der Waals surface area contributed by atoms with E-state index in [0.29, 0.717) is 21.2 Å². The molecule has 1 fully saturated rings. The van der Waals surface area contributed by atoms with Gasteiger partial charge in [-0.25, -0.2) is 13.9 Å². The molecule has 0 bridgehead atoms. The van der Waals surface area contributed by atoms with E-state index < -0.39 is 57.1 Å². The zero-order valence-corrected chi connectivity index (χ0v) is 22.8. The summed E-state index contributed by atoms with van der Waals surface area (Å²) in [6, 6.07) is 12.3. The molecule has 0 radical (unpaired) electrons. The number of rotatable bonds is 7. The number of carbonyl (C=O) groups is 2. The van der Waals surface area contributed by atoms with E-state index in [1.807, 2.05) is 0 Å². The van der Waals surface area contributed by atoms with Crippen molar-refractivity contribution >= 4 is 44.9 Å². The largest absolute Gasteiger partial charge is 0.357 e. The third-order valence-electron chi connectivity index (χ3n) is 6.18. The van der Waals surface area contributed by atoms with Crippen molar-refractivity contribution in [2.24, 2.45) is 0 Å². The molecule has 0 aromatic heterocycles. The molecule has 4 unspecified atom stereocenters. The van der Waals surface area contributed by atoms with Gasteiger partial charge in [-0.05, 0) is 63.1 Å². The summed E-state index contributed by atoms with van der Waals surface area (Å²) in [4.78, 5) is 27.2. The van der Waals surface area contributed by atoms with Crippen LogP contribution in [0.2, 0.25) is 10.0 Å². The summed E-state index contributed by atoms with van der Waals surface area (Å²) in [5.74, 6) is -1.67. The van der Waals surface area contributed by atoms with Crippen molar-refractivity contribution in [3.8, 4) is 0 Å². The average Bonchev–Trinajstić information content (AvgIpc) is 2.79. The van der Waals surface area contributed by atoms with Gasteiger partial charge in [0.1, 0.15) is 12.2 Å². The molecule has 1 heterocycles. The maximum atomic E-state index is 13.7. The highest BCUT2D eigenvalue weighted by atomic mass is 35.5. The lowest BCUT2D eigenvalue weighted by atomic mass is 9.90. The van der Waals surface area contributed by atoms with Crippen LogP contribution in [-0.4, -0.2) is 53.0 Å². The van der Waals surface area contributed by atoms with Crippen molar-refractivity contribution in [2.45, 2.75) is 63.2 Å². The SMILES string of the molecule is CC(CS(=O)(=O)C(C)(C)C)N1C(=O)C(CC(=O)NO)OC(c2cccc(Cl)c2)C1c1ccc(Cl)cc1. The molecule has 2 N–H and O–H groups in total. The maximum Gasteiger partial charge on any atom is 0.253 e. The Bertz CT molecular complexity index is 1210. The number of nitrogens with one attached hydrogen (secondary N) is 1. The highest BCUT2D eigenvalue weighted by Crippen LogP contribution is 2.44. The molecule has 8 nitrogen and oxygen atoms in total. The van der Waals surface area contributed by atoms with Gasteiger partial charge >= 0.3 is 0 Å². The molecule has 1 saturated heterocycles. The van der Waals surface area contributed by atoms with Gasteiger partial charge in [0.25, 0.3) is 5.91 Å². The van der Waals surface area contributed by atoms with Gasteiger partial charge in [-0.1, -0.05) is 47.5 Å². The molecule has 4 atom stereocenters. The van der Waals surface area contributed by atoms with Crippen LogP contribution in [0.15, 0.2) is 48.5 Å². The second kappa shape index (κ2) is 11.1. The fourth-order valence-electron chi connectivity index (χ4n) is 4.19. The third-order valence-corrected chi connectivity index (χ3v) is 9.45. The van der Waals surface area contributed by atoms with Gasteiger partial charge < -0.3 is 9.64 Å². The van der Waals surface area contributed by atoms with Crippen molar-refractivity contribution in [2.75, 3.05) is 5.75 Å². The Morgan fingerprint density at radius 1 is 1.11 bits per heavy atom. The lowest BCUT2D eigenvalue weighted by molar-refractivity contribution is -0.180. The molecular formula is C25H30Cl2N2O6S. The molecule has 3 rings (SSSR count). The quantitative estimate of drug-likeness (QED) is 0.383. The Labute approximate surface area is 221 Å². The molecule has 2 amide bonds. The first-order valence-electron chi connectivity index (χ1n) is 11.4. The molecule has 0 aliphatic carbocycles. The zero-order valence-electron chi connectivity index (χ0n) is 20.4. The van der Waals surface area contributed by atoms with Crippen LogP contribution >= 0.6 is 23.2 Å². The molecule has 1 aliphatic rings. The monoisotopic (exact) mass is 556 g/mol. The summed E-state index contributed by atoms with van der Waals surface area (Å²) in [5.41, 5.74) is 2.83. The van der Waals surface area contributed by atoms with Crippen LogP contribution in [0.3, 0.4) is 0 Å². The van der Waals surface area contributed by atoms with Crippen LogP contribution in [0.4, 0.5) is 0 Å². The molecule has 2 aromatic carbocycles. The minimum atomic E-state index is -3.61. The molecule has 36 heavy (non-hydrogen) atoms. The van der Waals surface area contributed by atoms with E-state index in [1.165, 1.54) is 10.4 Å². The second-order valence-corrected chi connectivity index (χ2v) is 13.5. The van der Waals surface area contributed by atoms with Crippen LogP contribution in [0.1, 0.15) is 57.4 Å². The highest BCUT2D eigenvalue weighted by Gasteiger charge is 2.47. The Balaban J connectivity index is 2.17. The smallest absolute Gasteiger partial charge is 0.253 e. The first-order chi connectivity index (χ1) is 16.7. The first kappa shape index (κ1) is 28.4.